The average molecular weight is 209 g/mol. The number of nitriles is 1. The van der Waals surface area contributed by atoms with Crippen LogP contribution in [0.1, 0.15) is 33.6 Å². The van der Waals surface area contributed by atoms with Crippen LogP contribution in [0.15, 0.2) is 0 Å². The van der Waals surface area contributed by atoms with Crippen LogP contribution in [-0.2, 0) is 4.79 Å². The van der Waals surface area contributed by atoms with Gasteiger partial charge in [-0.2, -0.15) is 5.26 Å². The lowest BCUT2D eigenvalue weighted by molar-refractivity contribution is -0.131. The first-order valence-electron chi connectivity index (χ1n) is 5.27. The summed E-state index contributed by atoms with van der Waals surface area (Å²) in [7, 11) is 1.95. The summed E-state index contributed by atoms with van der Waals surface area (Å²) in [5.41, 5.74) is -1.24. The van der Waals surface area contributed by atoms with E-state index in [1.165, 1.54) is 0 Å². The van der Waals surface area contributed by atoms with Gasteiger partial charge in [0, 0.05) is 0 Å². The second-order valence-electron chi connectivity index (χ2n) is 4.99. The maximum Gasteiger partial charge on any atom is 0.241 e. The van der Waals surface area contributed by atoms with E-state index in [-0.39, 0.29) is 5.91 Å². The van der Waals surface area contributed by atoms with E-state index in [9.17, 15) is 4.79 Å². The number of amides is 1. The summed E-state index contributed by atoms with van der Waals surface area (Å²) < 4.78 is 0. The van der Waals surface area contributed by atoms with Gasteiger partial charge in [0.2, 0.25) is 5.91 Å². The van der Waals surface area contributed by atoms with E-state index in [0.717, 1.165) is 19.4 Å². The second kappa shape index (κ2) is 3.82. The Morgan fingerprint density at radius 1 is 1.60 bits per heavy atom. The van der Waals surface area contributed by atoms with E-state index in [0.29, 0.717) is 0 Å². The van der Waals surface area contributed by atoms with Gasteiger partial charge in [-0.1, -0.05) is 0 Å². The van der Waals surface area contributed by atoms with Crippen LogP contribution in [0, 0.1) is 11.3 Å². The molecule has 1 amide bonds. The minimum atomic E-state index is -0.788. The highest BCUT2D eigenvalue weighted by molar-refractivity contribution is 5.87. The molecule has 0 bridgehead atoms. The molecule has 1 unspecified atom stereocenters. The Balaban J connectivity index is 2.74. The molecule has 1 aliphatic rings. The molecule has 84 valence electrons. The van der Waals surface area contributed by atoms with E-state index in [2.05, 4.69) is 16.3 Å². The van der Waals surface area contributed by atoms with Crippen LogP contribution in [0.25, 0.3) is 0 Å². The molecule has 0 spiro atoms. The van der Waals surface area contributed by atoms with Gasteiger partial charge in [0.25, 0.3) is 0 Å². The van der Waals surface area contributed by atoms with Crippen LogP contribution in [-0.4, -0.2) is 35.5 Å². The van der Waals surface area contributed by atoms with Crippen molar-refractivity contribution in [3.63, 3.8) is 0 Å². The highest BCUT2D eigenvalue weighted by atomic mass is 16.2. The number of nitrogens with one attached hydrogen (secondary N) is 1. The lowest BCUT2D eigenvalue weighted by Gasteiger charge is -2.33. The van der Waals surface area contributed by atoms with E-state index in [1.54, 1.807) is 13.8 Å². The Hall–Kier alpha value is -1.08. The minimum Gasteiger partial charge on any atom is -0.337 e. The maximum atomic E-state index is 12.0. The molecule has 1 aliphatic heterocycles. The quantitative estimate of drug-likeness (QED) is 0.734. The van der Waals surface area contributed by atoms with E-state index in [1.807, 2.05) is 14.0 Å². The predicted molar refractivity (Wildman–Crippen MR) is 58.1 cm³/mol. The van der Waals surface area contributed by atoms with Crippen LogP contribution in [0.4, 0.5) is 0 Å². The van der Waals surface area contributed by atoms with Gasteiger partial charge in [0.05, 0.1) is 11.6 Å². The molecule has 1 N–H and O–H groups in total. The van der Waals surface area contributed by atoms with E-state index in [4.69, 9.17) is 5.26 Å². The first-order chi connectivity index (χ1) is 6.82. The van der Waals surface area contributed by atoms with Crippen molar-refractivity contribution in [2.75, 3.05) is 13.6 Å². The molecule has 1 atom stereocenters. The Kier molecular flexibility index (Phi) is 3.05. The fraction of sp³-hybridized carbons (Fsp3) is 0.818. The van der Waals surface area contributed by atoms with Crippen molar-refractivity contribution in [3.05, 3.63) is 0 Å². The van der Waals surface area contributed by atoms with Gasteiger partial charge < -0.3 is 5.32 Å². The molecule has 1 rings (SSSR count). The van der Waals surface area contributed by atoms with Crippen molar-refractivity contribution in [1.29, 1.82) is 5.26 Å². The van der Waals surface area contributed by atoms with Crippen molar-refractivity contribution in [2.24, 2.45) is 0 Å². The molecular formula is C11H19N3O. The Morgan fingerprint density at radius 3 is 2.60 bits per heavy atom. The third-order valence-electron chi connectivity index (χ3n) is 3.19. The standard InChI is InChI=1S/C11H19N3O/c1-10(2,8-12)13-9(15)11(3)6-5-7-14(11)4/h5-7H2,1-4H3,(H,13,15). The van der Waals surface area contributed by atoms with E-state index < -0.39 is 11.1 Å². The zero-order valence-electron chi connectivity index (χ0n) is 9.92. The molecule has 0 aromatic carbocycles. The Morgan fingerprint density at radius 2 is 2.20 bits per heavy atom. The number of nitrogens with zero attached hydrogens (tertiary/aromatic N) is 2. The van der Waals surface area contributed by atoms with Crippen molar-refractivity contribution in [1.82, 2.24) is 10.2 Å². The molecule has 4 nitrogen and oxygen atoms in total. The normalized spacial score (nSPS) is 27.4. The largest absolute Gasteiger partial charge is 0.337 e. The molecule has 0 radical (unpaired) electrons. The summed E-state index contributed by atoms with van der Waals surface area (Å²) in [5.74, 6) is -0.0472. The number of hydrogen-bond acceptors (Lipinski definition) is 3. The Bertz CT molecular complexity index is 305. The molecular weight excluding hydrogens is 190 g/mol. The van der Waals surface area contributed by atoms with Crippen molar-refractivity contribution in [2.45, 2.75) is 44.7 Å². The number of likely N-dealkylation sites (N-methyl/N-ethyl adjacent to an activating group) is 1. The average Bonchev–Trinajstić information content (AvgIpc) is 2.48. The zero-order chi connectivity index (χ0) is 11.7. The molecule has 1 heterocycles. The second-order valence-corrected chi connectivity index (χ2v) is 4.99. The highest BCUT2D eigenvalue weighted by Crippen LogP contribution is 2.27. The molecule has 4 heteroatoms. The number of carbonyl (C=O) groups excluding carboxylic acids is 1. The van der Waals surface area contributed by atoms with Crippen LogP contribution < -0.4 is 5.32 Å². The van der Waals surface area contributed by atoms with Crippen LogP contribution in [0.3, 0.4) is 0 Å². The lowest BCUT2D eigenvalue weighted by atomic mass is 9.96. The van der Waals surface area contributed by atoms with Gasteiger partial charge in [-0.05, 0) is 47.2 Å². The monoisotopic (exact) mass is 209 g/mol. The van der Waals surface area contributed by atoms with Crippen molar-refractivity contribution < 1.29 is 4.79 Å². The topological polar surface area (TPSA) is 56.1 Å². The molecule has 0 aromatic rings. The molecule has 0 saturated carbocycles. The van der Waals surface area contributed by atoms with Gasteiger partial charge in [0.15, 0.2) is 0 Å². The van der Waals surface area contributed by atoms with Crippen LogP contribution >= 0.6 is 0 Å². The summed E-state index contributed by atoms with van der Waals surface area (Å²) in [6, 6.07) is 2.08. The van der Waals surface area contributed by atoms with Crippen LogP contribution in [0.2, 0.25) is 0 Å². The van der Waals surface area contributed by atoms with Gasteiger partial charge >= 0.3 is 0 Å². The summed E-state index contributed by atoms with van der Waals surface area (Å²) in [5, 5.41) is 11.6. The summed E-state index contributed by atoms with van der Waals surface area (Å²) in [6.45, 7) is 6.30. The molecule has 1 saturated heterocycles. The summed E-state index contributed by atoms with van der Waals surface area (Å²) in [6.07, 6.45) is 1.89. The summed E-state index contributed by atoms with van der Waals surface area (Å²) >= 11 is 0. The van der Waals surface area contributed by atoms with E-state index >= 15 is 0 Å². The van der Waals surface area contributed by atoms with Gasteiger partial charge in [-0.25, -0.2) is 0 Å². The fourth-order valence-electron chi connectivity index (χ4n) is 1.83. The summed E-state index contributed by atoms with van der Waals surface area (Å²) in [4.78, 5) is 14.1. The number of rotatable bonds is 2. The zero-order valence-corrected chi connectivity index (χ0v) is 9.92. The van der Waals surface area contributed by atoms with Gasteiger partial charge in [0.1, 0.15) is 5.54 Å². The van der Waals surface area contributed by atoms with Gasteiger partial charge in [-0.3, -0.25) is 9.69 Å². The van der Waals surface area contributed by atoms with Crippen molar-refractivity contribution >= 4 is 5.91 Å². The predicted octanol–water partition coefficient (Wildman–Crippen LogP) is 0.889. The van der Waals surface area contributed by atoms with Crippen LogP contribution in [0.5, 0.6) is 0 Å². The number of carbonyl (C=O) groups is 1. The number of likely N-dealkylation sites (tertiary alicyclic amines) is 1. The third kappa shape index (κ3) is 2.29. The smallest absolute Gasteiger partial charge is 0.241 e. The maximum absolute atomic E-state index is 12.0. The molecule has 0 aromatic heterocycles. The SMILES string of the molecule is CN1CCCC1(C)C(=O)NC(C)(C)C#N. The molecule has 0 aliphatic carbocycles. The fourth-order valence-corrected chi connectivity index (χ4v) is 1.83. The highest BCUT2D eigenvalue weighted by Gasteiger charge is 2.42. The minimum absolute atomic E-state index is 0.0472. The molecule has 1 fully saturated rings. The third-order valence-corrected chi connectivity index (χ3v) is 3.19. The number of hydrogen-bond donors (Lipinski definition) is 1. The molecule has 15 heavy (non-hydrogen) atoms. The first kappa shape index (κ1) is 12.0. The van der Waals surface area contributed by atoms with Crippen molar-refractivity contribution in [3.8, 4) is 6.07 Å². The van der Waals surface area contributed by atoms with Gasteiger partial charge in [-0.15, -0.1) is 0 Å². The first-order valence-corrected chi connectivity index (χ1v) is 5.27. The Labute approximate surface area is 91.2 Å². The lowest BCUT2D eigenvalue weighted by Crippen LogP contribution is -2.56.